The van der Waals surface area contributed by atoms with E-state index in [-0.39, 0.29) is 17.9 Å². The van der Waals surface area contributed by atoms with E-state index in [0.29, 0.717) is 11.4 Å². The summed E-state index contributed by atoms with van der Waals surface area (Å²) < 4.78 is 63.3. The molecule has 2 heterocycles. The van der Waals surface area contributed by atoms with Crippen LogP contribution in [0.3, 0.4) is 0 Å². The quantitative estimate of drug-likeness (QED) is 0.846. The molecule has 6 nitrogen and oxygen atoms in total. The number of alkyl halides is 5. The SMILES string of the molecule is CN(C(=O)C(F)(F)F)[C@H]1CCN1c1c(N)cnn1CC(F)F. The molecule has 1 atom stereocenters. The van der Waals surface area contributed by atoms with Crippen molar-refractivity contribution in [3.05, 3.63) is 6.20 Å². The molecule has 1 aromatic rings. The van der Waals surface area contributed by atoms with Crippen molar-refractivity contribution in [2.45, 2.75) is 31.7 Å². The first-order chi connectivity index (χ1) is 10.1. The Bertz CT molecular complexity index is 558. The van der Waals surface area contributed by atoms with Crippen molar-refractivity contribution in [1.82, 2.24) is 14.7 Å². The average molecular weight is 327 g/mol. The van der Waals surface area contributed by atoms with Crippen molar-refractivity contribution in [3.63, 3.8) is 0 Å². The Balaban J connectivity index is 2.21. The summed E-state index contributed by atoms with van der Waals surface area (Å²) in [7, 11) is 1.01. The third-order valence-corrected chi connectivity index (χ3v) is 3.42. The van der Waals surface area contributed by atoms with Gasteiger partial charge in [-0.25, -0.2) is 13.5 Å². The number of amides is 1. The van der Waals surface area contributed by atoms with Crippen LogP contribution in [0.5, 0.6) is 0 Å². The molecule has 1 aliphatic rings. The highest BCUT2D eigenvalue weighted by Gasteiger charge is 2.47. The van der Waals surface area contributed by atoms with Crippen LogP contribution >= 0.6 is 0 Å². The number of aromatic nitrogens is 2. The Labute approximate surface area is 122 Å². The maximum Gasteiger partial charge on any atom is 0.471 e. The van der Waals surface area contributed by atoms with Gasteiger partial charge >= 0.3 is 12.1 Å². The first-order valence-corrected chi connectivity index (χ1v) is 6.33. The lowest BCUT2D eigenvalue weighted by Crippen LogP contribution is -2.61. The Morgan fingerprint density at radius 3 is 2.64 bits per heavy atom. The number of halogens is 5. The van der Waals surface area contributed by atoms with Gasteiger partial charge in [-0.05, 0) is 0 Å². The van der Waals surface area contributed by atoms with Gasteiger partial charge in [0.15, 0.2) is 5.82 Å². The summed E-state index contributed by atoms with van der Waals surface area (Å²) in [6.07, 6.45) is -7.15. The summed E-state index contributed by atoms with van der Waals surface area (Å²) in [5.74, 6) is -1.90. The van der Waals surface area contributed by atoms with Gasteiger partial charge in [-0.1, -0.05) is 0 Å². The van der Waals surface area contributed by atoms with E-state index in [4.69, 9.17) is 5.73 Å². The lowest BCUT2D eigenvalue weighted by Gasteiger charge is -2.47. The Hall–Kier alpha value is -2.07. The summed E-state index contributed by atoms with van der Waals surface area (Å²) in [5, 5.41) is 3.69. The maximum atomic E-state index is 12.5. The molecule has 0 spiro atoms. The maximum absolute atomic E-state index is 12.5. The van der Waals surface area contributed by atoms with Crippen LogP contribution in [0.15, 0.2) is 6.20 Å². The van der Waals surface area contributed by atoms with E-state index in [0.717, 1.165) is 17.9 Å². The lowest BCUT2D eigenvalue weighted by molar-refractivity contribution is -0.187. The predicted octanol–water partition coefficient (Wildman–Crippen LogP) is 1.29. The van der Waals surface area contributed by atoms with Gasteiger partial charge in [-0.2, -0.15) is 18.3 Å². The molecule has 0 aliphatic carbocycles. The van der Waals surface area contributed by atoms with Gasteiger partial charge in [0.2, 0.25) is 0 Å². The van der Waals surface area contributed by atoms with Gasteiger partial charge in [0.1, 0.15) is 12.7 Å². The normalized spacial score (nSPS) is 18.5. The Morgan fingerprint density at radius 2 is 2.18 bits per heavy atom. The summed E-state index contributed by atoms with van der Waals surface area (Å²) in [4.78, 5) is 13.1. The summed E-state index contributed by atoms with van der Waals surface area (Å²) in [5.41, 5.74) is 5.72. The standard InChI is InChI=1S/C11H14F5N5O/c1-19(10(22)11(14,15)16)8-2-3-20(8)9-6(17)4-18-21(9)5-7(12)13/h4,7-8H,2-3,5,17H2,1H3/t8-/m1/s1. The number of rotatable bonds is 4. The van der Waals surface area contributed by atoms with Crippen molar-refractivity contribution >= 4 is 17.4 Å². The molecule has 1 aliphatic heterocycles. The molecule has 22 heavy (non-hydrogen) atoms. The molecule has 2 rings (SSSR count). The Kier molecular flexibility index (Phi) is 4.16. The fourth-order valence-corrected chi connectivity index (χ4v) is 2.33. The summed E-state index contributed by atoms with van der Waals surface area (Å²) >= 11 is 0. The van der Waals surface area contributed by atoms with E-state index in [1.807, 2.05) is 0 Å². The molecule has 1 aromatic heterocycles. The number of nitrogens with zero attached hydrogens (tertiary/aromatic N) is 4. The molecule has 1 amide bonds. The van der Waals surface area contributed by atoms with Crippen molar-refractivity contribution in [1.29, 1.82) is 0 Å². The van der Waals surface area contributed by atoms with E-state index in [1.54, 1.807) is 0 Å². The minimum Gasteiger partial charge on any atom is -0.394 e. The van der Waals surface area contributed by atoms with Crippen LogP contribution in [-0.4, -0.2) is 52.9 Å². The predicted molar refractivity (Wildman–Crippen MR) is 67.2 cm³/mol. The number of nitrogen functional groups attached to an aromatic ring is 1. The minimum absolute atomic E-state index is 0.0678. The van der Waals surface area contributed by atoms with Crippen LogP contribution in [0.4, 0.5) is 33.5 Å². The van der Waals surface area contributed by atoms with Gasteiger partial charge in [0.25, 0.3) is 6.43 Å². The van der Waals surface area contributed by atoms with Gasteiger partial charge in [-0.15, -0.1) is 0 Å². The van der Waals surface area contributed by atoms with E-state index in [9.17, 15) is 26.7 Å². The molecule has 1 fully saturated rings. The van der Waals surface area contributed by atoms with E-state index in [2.05, 4.69) is 5.10 Å². The number of nitrogens with two attached hydrogens (primary N) is 1. The average Bonchev–Trinajstić information content (AvgIpc) is 2.68. The third-order valence-electron chi connectivity index (χ3n) is 3.42. The fourth-order valence-electron chi connectivity index (χ4n) is 2.33. The van der Waals surface area contributed by atoms with Crippen LogP contribution < -0.4 is 10.6 Å². The number of hydrogen-bond acceptors (Lipinski definition) is 4. The molecule has 124 valence electrons. The second-order valence-corrected chi connectivity index (χ2v) is 4.87. The molecular weight excluding hydrogens is 313 g/mol. The lowest BCUT2D eigenvalue weighted by atomic mass is 10.1. The molecule has 0 saturated carbocycles. The van der Waals surface area contributed by atoms with Crippen molar-refractivity contribution in [2.75, 3.05) is 24.2 Å². The topological polar surface area (TPSA) is 67.4 Å². The van der Waals surface area contributed by atoms with Crippen LogP contribution in [0, 0.1) is 0 Å². The summed E-state index contributed by atoms with van der Waals surface area (Å²) in [6, 6.07) is 0. The second kappa shape index (κ2) is 5.61. The van der Waals surface area contributed by atoms with Crippen molar-refractivity contribution < 1.29 is 26.7 Å². The zero-order valence-electron chi connectivity index (χ0n) is 11.5. The van der Waals surface area contributed by atoms with Gasteiger partial charge < -0.3 is 15.5 Å². The van der Waals surface area contributed by atoms with Crippen LogP contribution in [0.25, 0.3) is 0 Å². The number of carbonyl (C=O) groups excluding carboxylic acids is 1. The smallest absolute Gasteiger partial charge is 0.394 e. The molecule has 2 N–H and O–H groups in total. The molecule has 0 aromatic carbocycles. The number of carbonyl (C=O) groups is 1. The second-order valence-electron chi connectivity index (χ2n) is 4.87. The first kappa shape index (κ1) is 16.3. The highest BCUT2D eigenvalue weighted by Crippen LogP contribution is 2.34. The molecule has 11 heteroatoms. The highest BCUT2D eigenvalue weighted by molar-refractivity contribution is 5.82. The van der Waals surface area contributed by atoms with Gasteiger partial charge in [0, 0.05) is 20.0 Å². The Morgan fingerprint density at radius 1 is 1.55 bits per heavy atom. The molecular formula is C11H14F5N5O. The molecule has 0 unspecified atom stereocenters. The van der Waals surface area contributed by atoms with E-state index >= 15 is 0 Å². The van der Waals surface area contributed by atoms with Crippen molar-refractivity contribution in [3.8, 4) is 0 Å². The first-order valence-electron chi connectivity index (χ1n) is 6.33. The van der Waals surface area contributed by atoms with Crippen LogP contribution in [-0.2, 0) is 11.3 Å². The minimum atomic E-state index is -5.00. The summed E-state index contributed by atoms with van der Waals surface area (Å²) in [6.45, 7) is -0.439. The van der Waals surface area contributed by atoms with Crippen LogP contribution in [0.2, 0.25) is 0 Å². The van der Waals surface area contributed by atoms with E-state index < -0.39 is 31.2 Å². The zero-order valence-corrected chi connectivity index (χ0v) is 11.5. The fraction of sp³-hybridized carbons (Fsp3) is 0.636. The van der Waals surface area contributed by atoms with Crippen LogP contribution in [0.1, 0.15) is 6.42 Å². The van der Waals surface area contributed by atoms with Crippen molar-refractivity contribution in [2.24, 2.45) is 0 Å². The number of hydrogen-bond donors (Lipinski definition) is 1. The van der Waals surface area contributed by atoms with Gasteiger partial charge in [-0.3, -0.25) is 4.79 Å². The molecule has 0 bridgehead atoms. The number of anilines is 2. The monoisotopic (exact) mass is 327 g/mol. The zero-order chi connectivity index (χ0) is 16.7. The highest BCUT2D eigenvalue weighted by atomic mass is 19.4. The molecule has 0 radical (unpaired) electrons. The molecule has 1 saturated heterocycles. The largest absolute Gasteiger partial charge is 0.471 e. The third kappa shape index (κ3) is 2.92. The van der Waals surface area contributed by atoms with E-state index in [1.165, 1.54) is 4.90 Å². The van der Waals surface area contributed by atoms with Gasteiger partial charge in [0.05, 0.1) is 11.9 Å².